The number of hydrogen-bond acceptors (Lipinski definition) is 5. The second-order valence-corrected chi connectivity index (χ2v) is 9.03. The summed E-state index contributed by atoms with van der Waals surface area (Å²) in [5.41, 5.74) is 5.48. The smallest absolute Gasteiger partial charge is 0.307 e. The average molecular weight is 494 g/mol. The van der Waals surface area contributed by atoms with Crippen molar-refractivity contribution < 1.29 is 23.5 Å². The van der Waals surface area contributed by atoms with Crippen molar-refractivity contribution in [2.24, 2.45) is 11.1 Å². The molecule has 0 spiro atoms. The van der Waals surface area contributed by atoms with Gasteiger partial charge in [-0.1, -0.05) is 36.3 Å². The highest BCUT2D eigenvalue weighted by atomic mass is 19.1. The quantitative estimate of drug-likeness (QED) is 0.244. The number of carboxylic acid groups (broad SMARTS) is 1. The third kappa shape index (κ3) is 6.12. The molecule has 1 aliphatic heterocycles. The third-order valence-corrected chi connectivity index (χ3v) is 6.53. The fourth-order valence-electron chi connectivity index (χ4n) is 4.43. The van der Waals surface area contributed by atoms with Crippen molar-refractivity contribution in [3.63, 3.8) is 0 Å². The zero-order chi connectivity index (χ0) is 25.7. The van der Waals surface area contributed by atoms with E-state index in [1.165, 1.54) is 35.5 Å². The summed E-state index contributed by atoms with van der Waals surface area (Å²) in [6.07, 6.45) is 2.84. The van der Waals surface area contributed by atoms with Gasteiger partial charge >= 0.3 is 5.97 Å². The lowest BCUT2D eigenvalue weighted by molar-refractivity contribution is -0.141. The van der Waals surface area contributed by atoms with Crippen LogP contribution in [0.3, 0.4) is 0 Å². The zero-order valence-electron chi connectivity index (χ0n) is 20.4. The first-order valence-electron chi connectivity index (χ1n) is 12.0. The summed E-state index contributed by atoms with van der Waals surface area (Å²) in [5, 5.41) is 13.5. The molecule has 4 rings (SSSR count). The number of hydrogen-bond donors (Lipinski definition) is 1. The van der Waals surface area contributed by atoms with E-state index in [1.807, 2.05) is 13.0 Å². The molecule has 8 heteroatoms. The molecule has 1 saturated heterocycles. The second kappa shape index (κ2) is 11.4. The SMILES string of the molecule is CCc1cc(C(C)=NOCc2ccc(-c3ccc(F)nc3)c(F)c2)ccc1CN1CCC(C(=O)O)C1. The number of halogens is 2. The van der Waals surface area contributed by atoms with Gasteiger partial charge in [-0.25, -0.2) is 9.37 Å². The van der Waals surface area contributed by atoms with Crippen LogP contribution in [-0.4, -0.2) is 39.8 Å². The van der Waals surface area contributed by atoms with Gasteiger partial charge in [0.15, 0.2) is 0 Å². The summed E-state index contributed by atoms with van der Waals surface area (Å²) in [4.78, 5) is 22.5. The van der Waals surface area contributed by atoms with Crippen LogP contribution in [0.1, 0.15) is 42.5 Å². The molecule has 0 aliphatic carbocycles. The van der Waals surface area contributed by atoms with Gasteiger partial charge in [-0.3, -0.25) is 9.69 Å². The number of aliphatic carboxylic acids is 1. The lowest BCUT2D eigenvalue weighted by Crippen LogP contribution is -2.23. The number of likely N-dealkylation sites (tertiary alicyclic amines) is 1. The minimum absolute atomic E-state index is 0.106. The molecule has 6 nitrogen and oxygen atoms in total. The topological polar surface area (TPSA) is 75.0 Å². The predicted octanol–water partition coefficient (Wildman–Crippen LogP) is 5.44. The molecule has 188 valence electrons. The maximum Gasteiger partial charge on any atom is 0.307 e. The van der Waals surface area contributed by atoms with Gasteiger partial charge in [0.05, 0.1) is 11.6 Å². The van der Waals surface area contributed by atoms with E-state index in [0.717, 1.165) is 25.1 Å². The van der Waals surface area contributed by atoms with Crippen LogP contribution in [0.5, 0.6) is 0 Å². The van der Waals surface area contributed by atoms with Crippen LogP contribution in [0, 0.1) is 17.7 Å². The number of aryl methyl sites for hydroxylation is 1. The molecule has 2 aromatic carbocycles. The van der Waals surface area contributed by atoms with Crippen LogP contribution in [0.25, 0.3) is 11.1 Å². The van der Waals surface area contributed by atoms with Gasteiger partial charge in [0.25, 0.3) is 0 Å². The van der Waals surface area contributed by atoms with Crippen molar-refractivity contribution >= 4 is 11.7 Å². The Bertz CT molecular complexity index is 1260. The van der Waals surface area contributed by atoms with Crippen molar-refractivity contribution in [2.75, 3.05) is 13.1 Å². The molecule has 1 atom stereocenters. The highest BCUT2D eigenvalue weighted by molar-refractivity contribution is 5.98. The number of aromatic nitrogens is 1. The van der Waals surface area contributed by atoms with Gasteiger partial charge in [0, 0.05) is 30.4 Å². The van der Waals surface area contributed by atoms with Crippen LogP contribution in [0.2, 0.25) is 0 Å². The van der Waals surface area contributed by atoms with Gasteiger partial charge in [0.2, 0.25) is 5.95 Å². The Morgan fingerprint density at radius 2 is 2.00 bits per heavy atom. The van der Waals surface area contributed by atoms with E-state index in [9.17, 15) is 18.7 Å². The molecule has 0 bridgehead atoms. The second-order valence-electron chi connectivity index (χ2n) is 9.03. The van der Waals surface area contributed by atoms with Crippen LogP contribution < -0.4 is 0 Å². The molecule has 0 amide bonds. The number of benzene rings is 2. The molecule has 0 radical (unpaired) electrons. The van der Waals surface area contributed by atoms with Crippen LogP contribution >= 0.6 is 0 Å². The Labute approximate surface area is 209 Å². The Morgan fingerprint density at radius 3 is 2.67 bits per heavy atom. The monoisotopic (exact) mass is 493 g/mol. The number of pyridine rings is 1. The Kier molecular flexibility index (Phi) is 8.05. The molecule has 1 N–H and O–H groups in total. The lowest BCUT2D eigenvalue weighted by atomic mass is 9.99. The van der Waals surface area contributed by atoms with Gasteiger partial charge < -0.3 is 9.94 Å². The van der Waals surface area contributed by atoms with Crippen molar-refractivity contribution in [3.05, 3.63) is 88.7 Å². The van der Waals surface area contributed by atoms with E-state index < -0.39 is 17.7 Å². The molecule has 2 heterocycles. The largest absolute Gasteiger partial charge is 0.481 e. The van der Waals surface area contributed by atoms with Crippen LogP contribution in [0.4, 0.5) is 8.78 Å². The number of oxime groups is 1. The molecule has 1 aliphatic rings. The maximum atomic E-state index is 14.6. The minimum atomic E-state index is -0.723. The molecule has 1 unspecified atom stereocenters. The fourth-order valence-corrected chi connectivity index (χ4v) is 4.43. The van der Waals surface area contributed by atoms with Crippen LogP contribution in [0.15, 0.2) is 59.9 Å². The van der Waals surface area contributed by atoms with Crippen LogP contribution in [-0.2, 0) is 29.2 Å². The van der Waals surface area contributed by atoms with E-state index >= 15 is 0 Å². The number of nitrogens with zero attached hydrogens (tertiary/aromatic N) is 3. The fraction of sp³-hybridized carbons (Fsp3) is 0.321. The molecule has 36 heavy (non-hydrogen) atoms. The first kappa shape index (κ1) is 25.4. The Balaban J connectivity index is 1.38. The molecule has 3 aromatic rings. The molecule has 0 saturated carbocycles. The van der Waals surface area contributed by atoms with Gasteiger partial charge in [-0.15, -0.1) is 0 Å². The normalized spacial score (nSPS) is 16.3. The van der Waals surface area contributed by atoms with Gasteiger partial charge in [-0.2, -0.15) is 4.39 Å². The van der Waals surface area contributed by atoms with E-state index in [0.29, 0.717) is 35.4 Å². The summed E-state index contributed by atoms with van der Waals surface area (Å²) >= 11 is 0. The van der Waals surface area contributed by atoms with Crippen molar-refractivity contribution in [1.29, 1.82) is 0 Å². The zero-order valence-corrected chi connectivity index (χ0v) is 20.4. The summed E-state index contributed by atoms with van der Waals surface area (Å²) < 4.78 is 27.6. The van der Waals surface area contributed by atoms with E-state index in [2.05, 4.69) is 34.1 Å². The number of carbonyl (C=O) groups is 1. The molecular weight excluding hydrogens is 464 g/mol. The Hall–Kier alpha value is -3.65. The van der Waals surface area contributed by atoms with E-state index in [4.69, 9.17) is 4.84 Å². The predicted molar refractivity (Wildman–Crippen MR) is 133 cm³/mol. The summed E-state index contributed by atoms with van der Waals surface area (Å²) in [6.45, 7) is 6.16. The highest BCUT2D eigenvalue weighted by Gasteiger charge is 2.28. The van der Waals surface area contributed by atoms with Crippen molar-refractivity contribution in [1.82, 2.24) is 9.88 Å². The lowest BCUT2D eigenvalue weighted by Gasteiger charge is -2.18. The standard InChI is InChI=1S/C28H29F2N3O3/c1-3-20-13-21(5-6-23(20)15-33-11-10-24(16-33)28(34)35)18(2)32-36-17-19-4-8-25(26(29)12-19)22-7-9-27(30)31-14-22/h4-9,12-14,24H,3,10-11,15-17H2,1-2H3,(H,34,35). The maximum absolute atomic E-state index is 14.6. The first-order valence-corrected chi connectivity index (χ1v) is 12.0. The third-order valence-electron chi connectivity index (χ3n) is 6.53. The molecule has 1 fully saturated rings. The Morgan fingerprint density at radius 1 is 1.17 bits per heavy atom. The molecular formula is C28H29F2N3O3. The van der Waals surface area contributed by atoms with E-state index in [-0.39, 0.29) is 12.5 Å². The van der Waals surface area contributed by atoms with E-state index in [1.54, 1.807) is 12.1 Å². The summed E-state index contributed by atoms with van der Waals surface area (Å²) in [7, 11) is 0. The summed E-state index contributed by atoms with van der Waals surface area (Å²) in [6, 6.07) is 13.6. The average Bonchev–Trinajstić information content (AvgIpc) is 3.34. The summed E-state index contributed by atoms with van der Waals surface area (Å²) in [5.74, 6) is -2.07. The number of carboxylic acids is 1. The highest BCUT2D eigenvalue weighted by Crippen LogP contribution is 2.24. The van der Waals surface area contributed by atoms with Crippen molar-refractivity contribution in [3.8, 4) is 11.1 Å². The first-order chi connectivity index (χ1) is 17.3. The number of rotatable bonds is 9. The van der Waals surface area contributed by atoms with Crippen molar-refractivity contribution in [2.45, 2.75) is 39.8 Å². The van der Waals surface area contributed by atoms with Gasteiger partial charge in [0.1, 0.15) is 12.4 Å². The van der Waals surface area contributed by atoms with Gasteiger partial charge in [-0.05, 0) is 72.8 Å². The minimum Gasteiger partial charge on any atom is -0.481 e. The molecule has 1 aromatic heterocycles.